The quantitative estimate of drug-likeness (QED) is 0.472. The van der Waals surface area contributed by atoms with E-state index >= 15 is 0 Å². The van der Waals surface area contributed by atoms with Crippen molar-refractivity contribution in [3.63, 3.8) is 0 Å². The number of halogens is 1. The zero-order valence-electron chi connectivity index (χ0n) is 11.0. The average molecular weight is 354 g/mol. The van der Waals surface area contributed by atoms with E-state index in [9.17, 15) is 5.11 Å². The van der Waals surface area contributed by atoms with Gasteiger partial charge in [0, 0.05) is 11.8 Å². The van der Waals surface area contributed by atoms with E-state index in [0.717, 1.165) is 16.8 Å². The van der Waals surface area contributed by atoms with Crippen molar-refractivity contribution in [3.8, 4) is 5.75 Å². The molecule has 0 heterocycles. The Morgan fingerprint density at radius 1 is 1.05 bits per heavy atom. The molecule has 0 aliphatic rings. The number of phenolic OH excluding ortho intramolecular Hbond substituents is 1. The minimum atomic E-state index is 0. The van der Waals surface area contributed by atoms with E-state index in [4.69, 9.17) is 0 Å². The molecule has 0 radical (unpaired) electrons. The number of benzene rings is 2. The zero-order valence-corrected chi connectivity index (χ0v) is 14.1. The van der Waals surface area contributed by atoms with Crippen LogP contribution in [0.4, 0.5) is 5.69 Å². The van der Waals surface area contributed by atoms with Gasteiger partial charge in [0.25, 0.3) is 0 Å². The molecule has 0 saturated heterocycles. The van der Waals surface area contributed by atoms with Gasteiger partial charge < -0.3 is 12.5 Å². The number of para-hydroxylation sites is 2. The summed E-state index contributed by atoms with van der Waals surface area (Å²) in [6.07, 6.45) is 1.68. The first-order chi connectivity index (χ1) is 8.77. The molecular weight excluding hydrogens is 338 g/mol. The van der Waals surface area contributed by atoms with Crippen molar-refractivity contribution in [2.45, 2.75) is 6.92 Å². The molecule has 0 aromatic heterocycles. The number of rotatable bonds is 2. The summed E-state index contributed by atoms with van der Waals surface area (Å²) in [5.74, 6) is 0.294. The second kappa shape index (κ2) is 9.96. The molecule has 2 rings (SSSR count). The van der Waals surface area contributed by atoms with Crippen LogP contribution in [0.3, 0.4) is 0 Å². The van der Waals surface area contributed by atoms with Gasteiger partial charge in [0.1, 0.15) is 5.75 Å². The fraction of sp³-hybridized carbons (Fsp3) is 0.0667. The summed E-state index contributed by atoms with van der Waals surface area (Å²) in [7, 11) is 0. The van der Waals surface area contributed by atoms with Gasteiger partial charge in [-0.3, -0.25) is 4.99 Å². The number of aryl methyl sites for hydroxylation is 1. The van der Waals surface area contributed by atoms with Gasteiger partial charge in [0.2, 0.25) is 0 Å². The Hall–Kier alpha value is -0.896. The van der Waals surface area contributed by atoms with Crippen LogP contribution in [0.15, 0.2) is 53.5 Å². The first-order valence-corrected chi connectivity index (χ1v) is 9.20. The van der Waals surface area contributed by atoms with Gasteiger partial charge in [-0.1, -0.05) is 30.3 Å². The summed E-state index contributed by atoms with van der Waals surface area (Å²) in [5, 5.41) is 9.78. The molecular formula is C15H16BrNOTi. The second-order valence-corrected chi connectivity index (χ2v) is 3.61. The van der Waals surface area contributed by atoms with Crippen LogP contribution >= 0.6 is 13.2 Å². The van der Waals surface area contributed by atoms with Gasteiger partial charge in [-0.15, -0.1) is 0 Å². The van der Waals surface area contributed by atoms with Crippen LogP contribution in [-0.4, -0.2) is 11.3 Å². The number of hydrogen-bond donors (Lipinski definition) is 1. The standard InChI is InChI=1S/C14H13NO.CH3.BrH.Ti/c1-11-6-5-7-12(14(11)16)10-15-13-8-3-2-4-9-13;;;/h2-10,16H,1H3;1H3;1H;/q;-1;;+2/p-1. The van der Waals surface area contributed by atoms with Crippen LogP contribution in [0.1, 0.15) is 11.1 Å². The van der Waals surface area contributed by atoms with Gasteiger partial charge in [-0.2, -0.15) is 0 Å². The SMILES string of the molecule is Cc1cccc(C=Nc2ccccc2)c1O.[CH3-].[Ti+][Br]. The molecule has 0 bridgehead atoms. The molecule has 1 N–H and O–H groups in total. The van der Waals surface area contributed by atoms with Gasteiger partial charge in [0.05, 0.1) is 5.69 Å². The Labute approximate surface area is 133 Å². The fourth-order valence-corrected chi connectivity index (χ4v) is 1.44. The Morgan fingerprint density at radius 3 is 2.32 bits per heavy atom. The van der Waals surface area contributed by atoms with Crippen molar-refractivity contribution in [2.75, 3.05) is 0 Å². The van der Waals surface area contributed by atoms with Crippen LogP contribution in [0, 0.1) is 14.4 Å². The van der Waals surface area contributed by atoms with E-state index in [1.807, 2.05) is 73.8 Å². The molecule has 2 nitrogen and oxygen atoms in total. The molecule has 0 saturated carbocycles. The van der Waals surface area contributed by atoms with Crippen LogP contribution in [0.5, 0.6) is 5.75 Å². The molecule has 19 heavy (non-hydrogen) atoms. The third-order valence-electron chi connectivity index (χ3n) is 2.38. The summed E-state index contributed by atoms with van der Waals surface area (Å²) in [6.45, 7) is 1.87. The first kappa shape index (κ1) is 18.1. The van der Waals surface area contributed by atoms with E-state index < -0.39 is 0 Å². The van der Waals surface area contributed by atoms with E-state index in [1.165, 1.54) is 0 Å². The number of nitrogens with zero attached hydrogens (tertiary/aromatic N) is 1. The van der Waals surface area contributed by atoms with Gasteiger partial charge in [-0.05, 0) is 30.7 Å². The normalized spacial score (nSPS) is 9.32. The Kier molecular flexibility index (Phi) is 9.49. The number of hydrogen-bond acceptors (Lipinski definition) is 2. The Balaban J connectivity index is 0.00000103. The van der Waals surface area contributed by atoms with E-state index in [1.54, 1.807) is 6.21 Å². The van der Waals surface area contributed by atoms with Gasteiger partial charge >= 0.3 is 31.5 Å². The zero-order chi connectivity index (χ0) is 13.4. The first-order valence-electron chi connectivity index (χ1n) is 5.34. The molecule has 0 unspecified atom stereocenters. The molecule has 0 aliphatic heterocycles. The average Bonchev–Trinajstić information content (AvgIpc) is 2.44. The molecule has 0 amide bonds. The molecule has 0 fully saturated rings. The van der Waals surface area contributed by atoms with Crippen LogP contribution in [-0.2, 0) is 18.3 Å². The third kappa shape index (κ3) is 5.73. The summed E-state index contributed by atoms with van der Waals surface area (Å²) >= 11 is 4.75. The molecule has 0 spiro atoms. The van der Waals surface area contributed by atoms with Gasteiger partial charge in [0.15, 0.2) is 0 Å². The second-order valence-electron chi connectivity index (χ2n) is 3.61. The van der Waals surface area contributed by atoms with E-state index in [2.05, 4.69) is 18.2 Å². The van der Waals surface area contributed by atoms with Crippen molar-refractivity contribution in [2.24, 2.45) is 4.99 Å². The van der Waals surface area contributed by atoms with Crippen molar-refractivity contribution in [1.82, 2.24) is 0 Å². The molecule has 2 aromatic rings. The molecule has 0 aliphatic carbocycles. The summed E-state index contributed by atoms with van der Waals surface area (Å²) in [5.41, 5.74) is 2.48. The van der Waals surface area contributed by atoms with Crippen LogP contribution in [0.25, 0.3) is 0 Å². The predicted molar refractivity (Wildman–Crippen MR) is 81.9 cm³/mol. The maximum atomic E-state index is 9.78. The van der Waals surface area contributed by atoms with E-state index in [0.29, 0.717) is 5.75 Å². The minimum absolute atomic E-state index is 0. The Bertz CT molecular complexity index is 515. The van der Waals surface area contributed by atoms with Crippen molar-refractivity contribution >= 4 is 25.1 Å². The van der Waals surface area contributed by atoms with E-state index in [-0.39, 0.29) is 7.43 Å². The van der Waals surface area contributed by atoms with Crippen molar-refractivity contribution in [1.29, 1.82) is 0 Å². The van der Waals surface area contributed by atoms with Crippen LogP contribution < -0.4 is 0 Å². The number of aliphatic imine (C=N–C) groups is 1. The molecule has 4 heteroatoms. The van der Waals surface area contributed by atoms with Crippen LogP contribution in [0.2, 0.25) is 0 Å². The monoisotopic (exact) mass is 353 g/mol. The predicted octanol–water partition coefficient (Wildman–Crippen LogP) is 4.74. The Morgan fingerprint density at radius 2 is 1.68 bits per heavy atom. The maximum absolute atomic E-state index is 9.78. The molecule has 2 aromatic carbocycles. The number of aromatic hydroxyl groups is 1. The summed E-state index contributed by atoms with van der Waals surface area (Å²) in [6, 6.07) is 15.3. The van der Waals surface area contributed by atoms with Crippen molar-refractivity contribution < 1.29 is 23.4 Å². The fourth-order valence-electron chi connectivity index (χ4n) is 1.44. The third-order valence-corrected chi connectivity index (χ3v) is 2.38. The summed E-state index contributed by atoms with van der Waals surface area (Å²) in [4.78, 5) is 4.29. The molecule has 98 valence electrons. The topological polar surface area (TPSA) is 32.6 Å². The molecule has 0 atom stereocenters. The van der Waals surface area contributed by atoms with Crippen molar-refractivity contribution in [3.05, 3.63) is 67.1 Å². The summed E-state index contributed by atoms with van der Waals surface area (Å²) < 4.78 is 0. The number of phenols is 1. The van der Waals surface area contributed by atoms with Gasteiger partial charge in [-0.25, -0.2) is 0 Å².